The lowest BCUT2D eigenvalue weighted by Crippen LogP contribution is -2.27. The van der Waals surface area contributed by atoms with Crippen LogP contribution in [0.3, 0.4) is 0 Å². The normalized spacial score (nSPS) is 11.1. The van der Waals surface area contributed by atoms with Crippen LogP contribution in [0.25, 0.3) is 11.0 Å². The zero-order valence-electron chi connectivity index (χ0n) is 12.0. The lowest BCUT2D eigenvalue weighted by molar-refractivity contribution is -0.121. The number of amides is 1. The molecular weight excluding hydrogens is 286 g/mol. The van der Waals surface area contributed by atoms with Crippen LogP contribution in [0.15, 0.2) is 23.7 Å². The molecule has 1 amide bonds. The van der Waals surface area contributed by atoms with Crippen molar-refractivity contribution >= 4 is 28.3 Å². The molecule has 6 nitrogen and oxygen atoms in total. The van der Waals surface area contributed by atoms with E-state index in [1.807, 2.05) is 36.0 Å². The van der Waals surface area contributed by atoms with Crippen LogP contribution < -0.4 is 5.32 Å². The highest BCUT2D eigenvalue weighted by atomic mass is 32.1. The summed E-state index contributed by atoms with van der Waals surface area (Å²) in [7, 11) is 0. The summed E-state index contributed by atoms with van der Waals surface area (Å²) < 4.78 is 3.62. The van der Waals surface area contributed by atoms with Crippen LogP contribution in [0.5, 0.6) is 0 Å². The Labute approximate surface area is 126 Å². The van der Waals surface area contributed by atoms with E-state index >= 15 is 0 Å². The average Bonchev–Trinajstić information content (AvgIpc) is 3.16. The number of nitrogens with zero attached hydrogens (tertiary/aromatic N) is 4. The molecule has 1 N–H and O–H groups in total. The molecule has 3 aromatic rings. The smallest absolute Gasteiger partial charge is 0.242 e. The number of thiophene rings is 1. The lowest BCUT2D eigenvalue weighted by atomic mass is 10.4. The van der Waals surface area contributed by atoms with E-state index in [1.54, 1.807) is 22.2 Å². The number of hydrogen-bond donors (Lipinski definition) is 1. The second kappa shape index (κ2) is 5.69. The van der Waals surface area contributed by atoms with E-state index in [9.17, 15) is 4.79 Å². The summed E-state index contributed by atoms with van der Waals surface area (Å²) in [6.07, 6.45) is 1.77. The highest BCUT2D eigenvalue weighted by molar-refractivity contribution is 7.09. The van der Waals surface area contributed by atoms with Gasteiger partial charge in [0.2, 0.25) is 5.91 Å². The van der Waals surface area contributed by atoms with Crippen LogP contribution in [-0.2, 0) is 24.4 Å². The molecule has 21 heavy (non-hydrogen) atoms. The minimum Gasteiger partial charge on any atom is -0.350 e. The Hall–Kier alpha value is -2.15. The maximum Gasteiger partial charge on any atom is 0.242 e. The molecule has 0 saturated heterocycles. The quantitative estimate of drug-likeness (QED) is 0.783. The predicted molar refractivity (Wildman–Crippen MR) is 82.1 cm³/mol. The summed E-state index contributed by atoms with van der Waals surface area (Å²) >= 11 is 1.63. The zero-order valence-corrected chi connectivity index (χ0v) is 12.9. The number of rotatable bonds is 5. The van der Waals surface area contributed by atoms with Crippen LogP contribution in [-0.4, -0.2) is 25.5 Å². The number of hydrogen-bond acceptors (Lipinski definition) is 4. The van der Waals surface area contributed by atoms with Crippen molar-refractivity contribution in [2.75, 3.05) is 0 Å². The number of carbonyl (C=O) groups is 1. The molecule has 0 fully saturated rings. The summed E-state index contributed by atoms with van der Waals surface area (Å²) in [4.78, 5) is 13.2. The van der Waals surface area contributed by atoms with Crippen molar-refractivity contribution in [1.29, 1.82) is 0 Å². The van der Waals surface area contributed by atoms with Gasteiger partial charge in [0.1, 0.15) is 17.6 Å². The van der Waals surface area contributed by atoms with E-state index in [2.05, 4.69) is 15.5 Å². The van der Waals surface area contributed by atoms with Gasteiger partial charge in [-0.2, -0.15) is 10.2 Å². The summed E-state index contributed by atoms with van der Waals surface area (Å²) in [6, 6.07) is 3.98. The van der Waals surface area contributed by atoms with Gasteiger partial charge in [0.25, 0.3) is 0 Å². The Morgan fingerprint density at radius 3 is 3.00 bits per heavy atom. The van der Waals surface area contributed by atoms with Gasteiger partial charge >= 0.3 is 0 Å². The maximum absolute atomic E-state index is 12.0. The highest BCUT2D eigenvalue weighted by Gasteiger charge is 2.14. The fourth-order valence-corrected chi connectivity index (χ4v) is 3.02. The number of fused-ring (bicyclic) bond motifs is 1. The summed E-state index contributed by atoms with van der Waals surface area (Å²) in [5.74, 6) is -0.0444. The standard InChI is InChI=1S/C14H17N5OS/c1-3-18-12-8-16-19(14(12)10(2)17-18)9-13(20)15-7-11-5-4-6-21-11/h4-6,8H,3,7,9H2,1-2H3,(H,15,20). The molecule has 0 atom stereocenters. The summed E-state index contributed by atoms with van der Waals surface area (Å²) in [6.45, 7) is 5.55. The molecule has 0 aliphatic heterocycles. The highest BCUT2D eigenvalue weighted by Crippen LogP contribution is 2.17. The van der Waals surface area contributed by atoms with Gasteiger partial charge in [0, 0.05) is 11.4 Å². The molecule has 3 rings (SSSR count). The SMILES string of the molecule is CCn1nc(C)c2c1cnn2CC(=O)NCc1cccs1. The summed E-state index contributed by atoms with van der Waals surface area (Å²) in [5, 5.41) is 13.7. The fourth-order valence-electron chi connectivity index (χ4n) is 2.37. The Kier molecular flexibility index (Phi) is 3.74. The first kappa shape index (κ1) is 13.8. The van der Waals surface area contributed by atoms with Crippen molar-refractivity contribution in [3.05, 3.63) is 34.3 Å². The van der Waals surface area contributed by atoms with Gasteiger partial charge in [-0.05, 0) is 25.3 Å². The average molecular weight is 303 g/mol. The van der Waals surface area contributed by atoms with E-state index in [-0.39, 0.29) is 12.5 Å². The zero-order chi connectivity index (χ0) is 14.8. The molecule has 0 aliphatic carbocycles. The Morgan fingerprint density at radius 2 is 2.29 bits per heavy atom. The first-order valence-electron chi connectivity index (χ1n) is 6.87. The minimum atomic E-state index is -0.0444. The van der Waals surface area contributed by atoms with Gasteiger partial charge in [0.15, 0.2) is 0 Å². The van der Waals surface area contributed by atoms with E-state index in [0.717, 1.165) is 28.1 Å². The molecule has 0 aliphatic rings. The largest absolute Gasteiger partial charge is 0.350 e. The van der Waals surface area contributed by atoms with Crippen molar-refractivity contribution in [2.45, 2.75) is 33.5 Å². The molecule has 0 spiro atoms. The van der Waals surface area contributed by atoms with Crippen LogP contribution in [0, 0.1) is 6.92 Å². The first-order chi connectivity index (χ1) is 10.2. The maximum atomic E-state index is 12.0. The summed E-state index contributed by atoms with van der Waals surface area (Å²) in [5.41, 5.74) is 2.81. The van der Waals surface area contributed by atoms with E-state index < -0.39 is 0 Å². The van der Waals surface area contributed by atoms with E-state index in [1.165, 1.54) is 0 Å². The van der Waals surface area contributed by atoms with Crippen molar-refractivity contribution in [3.63, 3.8) is 0 Å². The lowest BCUT2D eigenvalue weighted by Gasteiger charge is -2.04. The van der Waals surface area contributed by atoms with E-state index in [4.69, 9.17) is 0 Å². The monoisotopic (exact) mass is 303 g/mol. The van der Waals surface area contributed by atoms with Crippen molar-refractivity contribution in [1.82, 2.24) is 24.9 Å². The molecule has 3 heterocycles. The molecule has 0 bridgehead atoms. The molecule has 0 unspecified atom stereocenters. The van der Waals surface area contributed by atoms with Crippen LogP contribution >= 0.6 is 11.3 Å². The molecule has 0 aromatic carbocycles. The Bertz CT molecular complexity index is 756. The molecule has 0 radical (unpaired) electrons. The third-order valence-electron chi connectivity index (χ3n) is 3.34. The Morgan fingerprint density at radius 1 is 1.43 bits per heavy atom. The van der Waals surface area contributed by atoms with Gasteiger partial charge in [-0.3, -0.25) is 14.2 Å². The van der Waals surface area contributed by atoms with Crippen LogP contribution in [0.1, 0.15) is 17.5 Å². The molecule has 3 aromatic heterocycles. The third kappa shape index (κ3) is 2.69. The number of carbonyl (C=O) groups excluding carboxylic acids is 1. The fraction of sp³-hybridized carbons (Fsp3) is 0.357. The molecular formula is C14H17N5OS. The van der Waals surface area contributed by atoms with Gasteiger partial charge in [-0.25, -0.2) is 0 Å². The number of nitrogens with one attached hydrogen (secondary N) is 1. The van der Waals surface area contributed by atoms with Crippen LogP contribution in [0.2, 0.25) is 0 Å². The number of aromatic nitrogens is 4. The first-order valence-corrected chi connectivity index (χ1v) is 7.75. The van der Waals surface area contributed by atoms with Crippen molar-refractivity contribution in [2.24, 2.45) is 0 Å². The van der Waals surface area contributed by atoms with Crippen molar-refractivity contribution in [3.8, 4) is 0 Å². The predicted octanol–water partition coefficient (Wildman–Crippen LogP) is 1.94. The van der Waals surface area contributed by atoms with Crippen LogP contribution in [0.4, 0.5) is 0 Å². The molecule has 7 heteroatoms. The van der Waals surface area contributed by atoms with E-state index in [0.29, 0.717) is 6.54 Å². The number of aryl methyl sites for hydroxylation is 2. The third-order valence-corrected chi connectivity index (χ3v) is 4.22. The molecule has 110 valence electrons. The second-order valence-corrected chi connectivity index (χ2v) is 5.83. The second-order valence-electron chi connectivity index (χ2n) is 4.79. The van der Waals surface area contributed by atoms with Gasteiger partial charge < -0.3 is 5.32 Å². The van der Waals surface area contributed by atoms with Gasteiger partial charge in [-0.1, -0.05) is 6.07 Å². The Balaban J connectivity index is 1.72. The topological polar surface area (TPSA) is 64.7 Å². The van der Waals surface area contributed by atoms with Gasteiger partial charge in [0.05, 0.1) is 18.4 Å². The van der Waals surface area contributed by atoms with Crippen molar-refractivity contribution < 1.29 is 4.79 Å². The molecule has 0 saturated carbocycles. The minimum absolute atomic E-state index is 0.0444. The van der Waals surface area contributed by atoms with Gasteiger partial charge in [-0.15, -0.1) is 11.3 Å².